The van der Waals surface area contributed by atoms with Crippen LogP contribution in [-0.4, -0.2) is 77.2 Å². The molecule has 0 spiro atoms. The van der Waals surface area contributed by atoms with E-state index < -0.39 is 13.7 Å². The van der Waals surface area contributed by atoms with Gasteiger partial charge in [0.2, 0.25) is 0 Å². The molecule has 1 amide bonds. The minimum Gasteiger partial charge on any atom is -0.444 e. The minimum absolute atomic E-state index is 0.263. The molecule has 3 heterocycles. The molecule has 0 atom stereocenters. The SMILES string of the molecule is CC1(Cc2ccc3nn(COCC[Si](C)(C)C)c(-c4cc(N5CCN(C(=O)OC(C)(C)C)CC5)ncn4)c3c2)CC1. The van der Waals surface area contributed by atoms with Gasteiger partial charge >= 0.3 is 6.09 Å². The monoisotopic (exact) mass is 578 g/mol. The Labute approximate surface area is 245 Å². The van der Waals surface area contributed by atoms with Gasteiger partial charge in [-0.1, -0.05) is 32.6 Å². The number of fused-ring (bicyclic) bond motifs is 1. The molecule has 10 heteroatoms. The molecule has 0 N–H and O–H groups in total. The maximum atomic E-state index is 12.5. The highest BCUT2D eigenvalue weighted by Gasteiger charge is 2.37. The smallest absolute Gasteiger partial charge is 0.410 e. The molecule has 0 unspecified atom stereocenters. The van der Waals surface area contributed by atoms with Crippen molar-refractivity contribution in [3.05, 3.63) is 36.2 Å². The van der Waals surface area contributed by atoms with Crippen LogP contribution in [0.5, 0.6) is 0 Å². The third-order valence-corrected chi connectivity index (χ3v) is 9.60. The lowest BCUT2D eigenvalue weighted by molar-refractivity contribution is 0.0240. The normalized spacial score (nSPS) is 17.2. The summed E-state index contributed by atoms with van der Waals surface area (Å²) in [7, 11) is -1.19. The molecule has 2 fully saturated rings. The fourth-order valence-electron chi connectivity index (χ4n) is 5.16. The molecule has 9 nitrogen and oxygen atoms in total. The number of anilines is 1. The number of aromatic nitrogens is 4. The average molecular weight is 579 g/mol. The highest BCUT2D eigenvalue weighted by molar-refractivity contribution is 6.76. The number of benzene rings is 1. The maximum Gasteiger partial charge on any atom is 0.410 e. The van der Waals surface area contributed by atoms with Crippen molar-refractivity contribution in [1.29, 1.82) is 0 Å². The second kappa shape index (κ2) is 11.4. The molecule has 1 saturated heterocycles. The Kier molecular flexibility index (Phi) is 8.18. The van der Waals surface area contributed by atoms with E-state index in [1.807, 2.05) is 31.5 Å². The molecular weight excluding hydrogens is 532 g/mol. The predicted octanol–water partition coefficient (Wildman–Crippen LogP) is 6.21. The first-order valence-electron chi connectivity index (χ1n) is 14.9. The van der Waals surface area contributed by atoms with E-state index in [1.54, 1.807) is 11.2 Å². The molecule has 2 aromatic heterocycles. The lowest BCUT2D eigenvalue weighted by Gasteiger charge is -2.36. The molecule has 0 bridgehead atoms. The van der Waals surface area contributed by atoms with Crippen LogP contribution in [0.1, 0.15) is 46.1 Å². The van der Waals surface area contributed by atoms with Crippen LogP contribution in [-0.2, 0) is 22.6 Å². The fraction of sp³-hybridized carbons (Fsp3) is 0.613. The summed E-state index contributed by atoms with van der Waals surface area (Å²) < 4.78 is 13.7. The predicted molar refractivity (Wildman–Crippen MR) is 166 cm³/mol. The Morgan fingerprint density at radius 2 is 1.78 bits per heavy atom. The number of ether oxygens (including phenoxy) is 2. The van der Waals surface area contributed by atoms with Gasteiger partial charge in [0.15, 0.2) is 0 Å². The molecule has 1 aliphatic carbocycles. The maximum absolute atomic E-state index is 12.5. The molecule has 3 aromatic rings. The van der Waals surface area contributed by atoms with Crippen LogP contribution in [0.2, 0.25) is 25.7 Å². The van der Waals surface area contributed by atoms with E-state index in [0.717, 1.165) is 47.2 Å². The van der Waals surface area contributed by atoms with Gasteiger partial charge in [0.05, 0.1) is 16.9 Å². The molecule has 1 aliphatic heterocycles. The van der Waals surface area contributed by atoms with Crippen molar-refractivity contribution < 1.29 is 14.3 Å². The van der Waals surface area contributed by atoms with Gasteiger partial charge < -0.3 is 19.3 Å². The quantitative estimate of drug-likeness (QED) is 0.221. The van der Waals surface area contributed by atoms with Gasteiger partial charge in [-0.25, -0.2) is 19.4 Å². The minimum atomic E-state index is -1.19. The second-order valence-corrected chi connectivity index (χ2v) is 19.9. The van der Waals surface area contributed by atoms with E-state index in [0.29, 0.717) is 38.3 Å². The average Bonchev–Trinajstić information content (AvgIpc) is 3.51. The van der Waals surface area contributed by atoms with Crippen molar-refractivity contribution >= 4 is 30.9 Å². The standard InChI is InChI=1S/C31H46N6O3Si/c1-30(2,3)40-29(38)36-14-12-35(13-15-36)27-19-26(32-21-33-27)28-24-18-23(20-31(4)10-11-31)8-9-25(24)34-37(28)22-39-16-17-41(5,6)7/h8-9,18-19,21H,10-17,20,22H2,1-7H3. The number of nitrogens with zero attached hydrogens (tertiary/aromatic N) is 6. The fourth-order valence-corrected chi connectivity index (χ4v) is 5.92. The van der Waals surface area contributed by atoms with Crippen LogP contribution in [0, 0.1) is 5.41 Å². The molecule has 5 rings (SSSR count). The first kappa shape index (κ1) is 29.5. The van der Waals surface area contributed by atoms with E-state index in [9.17, 15) is 4.79 Å². The summed E-state index contributed by atoms with van der Waals surface area (Å²) in [5, 5.41) is 6.05. The lowest BCUT2D eigenvalue weighted by atomic mass is 9.97. The number of carbonyl (C=O) groups is 1. The van der Waals surface area contributed by atoms with Crippen molar-refractivity contribution in [1.82, 2.24) is 24.6 Å². The van der Waals surface area contributed by atoms with Crippen molar-refractivity contribution in [2.24, 2.45) is 5.41 Å². The van der Waals surface area contributed by atoms with E-state index in [2.05, 4.69) is 54.6 Å². The second-order valence-electron chi connectivity index (χ2n) is 14.3. The zero-order chi connectivity index (χ0) is 29.4. The third-order valence-electron chi connectivity index (χ3n) is 7.90. The Morgan fingerprint density at radius 3 is 2.44 bits per heavy atom. The summed E-state index contributed by atoms with van der Waals surface area (Å²) in [6.07, 6.45) is 5.03. The highest BCUT2D eigenvalue weighted by atomic mass is 28.3. The molecule has 2 aliphatic rings. The molecule has 41 heavy (non-hydrogen) atoms. The van der Waals surface area contributed by atoms with E-state index >= 15 is 0 Å². The van der Waals surface area contributed by atoms with E-state index in [4.69, 9.17) is 19.6 Å². The number of rotatable bonds is 9. The summed E-state index contributed by atoms with van der Waals surface area (Å²) >= 11 is 0. The molecular formula is C31H46N6O3Si. The Bertz CT molecular complexity index is 1380. The van der Waals surface area contributed by atoms with Crippen LogP contribution < -0.4 is 4.90 Å². The Hall–Kier alpha value is -2.98. The van der Waals surface area contributed by atoms with Crippen molar-refractivity contribution in [3.8, 4) is 11.4 Å². The highest BCUT2D eigenvalue weighted by Crippen LogP contribution is 2.48. The van der Waals surface area contributed by atoms with E-state index in [1.165, 1.54) is 18.4 Å². The van der Waals surface area contributed by atoms with Gasteiger partial charge in [-0.05, 0) is 69.2 Å². The van der Waals surface area contributed by atoms with Gasteiger partial charge in [-0.15, -0.1) is 0 Å². The summed E-state index contributed by atoms with van der Waals surface area (Å²) in [4.78, 5) is 25.9. The number of hydrogen-bond acceptors (Lipinski definition) is 7. The molecule has 1 saturated carbocycles. The largest absolute Gasteiger partial charge is 0.444 e. The lowest BCUT2D eigenvalue weighted by Crippen LogP contribution is -2.50. The summed E-state index contributed by atoms with van der Waals surface area (Å²) in [5.74, 6) is 0.848. The first-order chi connectivity index (χ1) is 19.3. The molecule has 1 aromatic carbocycles. The number of amides is 1. The molecule has 222 valence electrons. The van der Waals surface area contributed by atoms with Crippen molar-refractivity contribution in [2.45, 2.75) is 85.0 Å². The number of hydrogen-bond donors (Lipinski definition) is 0. The Morgan fingerprint density at radius 1 is 1.05 bits per heavy atom. The van der Waals surface area contributed by atoms with Crippen LogP contribution in [0.4, 0.5) is 10.6 Å². The van der Waals surface area contributed by atoms with Gasteiger partial charge in [0.25, 0.3) is 0 Å². The molecule has 0 radical (unpaired) electrons. The summed E-state index contributed by atoms with van der Waals surface area (Å²) in [6.45, 7) is 18.8. The van der Waals surface area contributed by atoms with Crippen LogP contribution in [0.15, 0.2) is 30.6 Å². The van der Waals surface area contributed by atoms with Gasteiger partial charge in [-0.2, -0.15) is 5.10 Å². The van der Waals surface area contributed by atoms with Gasteiger partial charge in [0.1, 0.15) is 24.5 Å². The first-order valence-corrected chi connectivity index (χ1v) is 18.6. The summed E-state index contributed by atoms with van der Waals surface area (Å²) in [6, 6.07) is 9.80. The third kappa shape index (κ3) is 7.65. The Balaban J connectivity index is 1.39. The zero-order valence-electron chi connectivity index (χ0n) is 25.9. The topological polar surface area (TPSA) is 85.6 Å². The number of carbonyl (C=O) groups excluding carboxylic acids is 1. The van der Waals surface area contributed by atoms with Crippen LogP contribution in [0.25, 0.3) is 22.3 Å². The van der Waals surface area contributed by atoms with Crippen molar-refractivity contribution in [3.63, 3.8) is 0 Å². The van der Waals surface area contributed by atoms with Crippen LogP contribution in [0.3, 0.4) is 0 Å². The zero-order valence-corrected chi connectivity index (χ0v) is 26.9. The van der Waals surface area contributed by atoms with Crippen LogP contribution >= 0.6 is 0 Å². The van der Waals surface area contributed by atoms with E-state index in [-0.39, 0.29) is 6.09 Å². The van der Waals surface area contributed by atoms with Gasteiger partial charge in [-0.3, -0.25) is 0 Å². The number of piperazine rings is 1. The van der Waals surface area contributed by atoms with Crippen molar-refractivity contribution in [2.75, 3.05) is 37.7 Å². The van der Waals surface area contributed by atoms with Gasteiger partial charge in [0, 0.05) is 52.3 Å². The summed E-state index contributed by atoms with van der Waals surface area (Å²) in [5.41, 5.74) is 4.00.